The third kappa shape index (κ3) is 2.46. The fourth-order valence-corrected chi connectivity index (χ4v) is 3.61. The summed E-state index contributed by atoms with van der Waals surface area (Å²) in [4.78, 5) is 0. The van der Waals surface area contributed by atoms with Crippen LogP contribution in [0.4, 0.5) is 0 Å². The number of aliphatic hydroxyl groups is 1. The van der Waals surface area contributed by atoms with E-state index in [1.54, 1.807) is 0 Å². The molecule has 0 atom stereocenters. The van der Waals surface area contributed by atoms with Crippen molar-refractivity contribution in [2.24, 2.45) is 0 Å². The number of sulfone groups is 1. The third-order valence-electron chi connectivity index (χ3n) is 3.14. The Labute approximate surface area is 84.6 Å². The zero-order valence-corrected chi connectivity index (χ0v) is 8.96. The predicted molar refractivity (Wildman–Crippen MR) is 53.8 cm³/mol. The summed E-state index contributed by atoms with van der Waals surface area (Å²) >= 11 is 0. The summed E-state index contributed by atoms with van der Waals surface area (Å²) in [7, 11) is -2.74. The molecule has 0 radical (unpaired) electrons. The van der Waals surface area contributed by atoms with Gasteiger partial charge in [0.05, 0.1) is 17.6 Å². The van der Waals surface area contributed by atoms with E-state index in [1.807, 2.05) is 0 Å². The van der Waals surface area contributed by atoms with Gasteiger partial charge >= 0.3 is 0 Å². The number of aliphatic hydroxyl groups excluding tert-OH is 1. The van der Waals surface area contributed by atoms with Crippen molar-refractivity contribution < 1.29 is 13.5 Å². The molecule has 0 unspecified atom stereocenters. The van der Waals surface area contributed by atoms with Crippen LogP contribution in [0.25, 0.3) is 0 Å². The van der Waals surface area contributed by atoms with Crippen LogP contribution in [0.5, 0.6) is 0 Å². The van der Waals surface area contributed by atoms with E-state index in [4.69, 9.17) is 5.11 Å². The normalized spacial score (nSPS) is 37.8. The van der Waals surface area contributed by atoms with E-state index in [9.17, 15) is 8.42 Å². The maximum atomic E-state index is 11.1. The maximum Gasteiger partial charge on any atom is 0.150 e. The summed E-state index contributed by atoms with van der Waals surface area (Å²) in [6.07, 6.45) is 2.97. The van der Waals surface area contributed by atoms with Crippen LogP contribution in [-0.4, -0.2) is 43.2 Å². The van der Waals surface area contributed by atoms with E-state index in [0.29, 0.717) is 23.6 Å². The highest BCUT2D eigenvalue weighted by atomic mass is 32.2. The zero-order chi connectivity index (χ0) is 10.2. The molecule has 0 amide bonds. The van der Waals surface area contributed by atoms with E-state index >= 15 is 0 Å². The van der Waals surface area contributed by atoms with E-state index in [0.717, 1.165) is 25.7 Å². The van der Waals surface area contributed by atoms with E-state index in [1.165, 1.54) is 0 Å². The van der Waals surface area contributed by atoms with Gasteiger partial charge in [0.2, 0.25) is 0 Å². The smallest absolute Gasteiger partial charge is 0.150 e. The topological polar surface area (TPSA) is 66.4 Å². The molecule has 0 bridgehead atoms. The fraction of sp³-hybridized carbons (Fsp3) is 1.00. The second-order valence-electron chi connectivity index (χ2n) is 4.41. The Kier molecular flexibility index (Phi) is 2.81. The first-order chi connectivity index (χ1) is 6.55. The maximum absolute atomic E-state index is 11.1. The molecular formula is C9H17NO3S. The molecule has 1 saturated heterocycles. The van der Waals surface area contributed by atoms with Gasteiger partial charge < -0.3 is 10.4 Å². The molecule has 1 aliphatic carbocycles. The largest absolute Gasteiger partial charge is 0.393 e. The van der Waals surface area contributed by atoms with Gasteiger partial charge in [-0.3, -0.25) is 0 Å². The Morgan fingerprint density at radius 3 is 2.14 bits per heavy atom. The molecule has 0 aromatic rings. The molecule has 4 nitrogen and oxygen atoms in total. The summed E-state index contributed by atoms with van der Waals surface area (Å²) < 4.78 is 22.3. The van der Waals surface area contributed by atoms with Gasteiger partial charge in [-0.1, -0.05) is 0 Å². The van der Waals surface area contributed by atoms with Crippen molar-refractivity contribution in [3.05, 3.63) is 0 Å². The van der Waals surface area contributed by atoms with Gasteiger partial charge in [0.1, 0.15) is 9.84 Å². The number of rotatable bonds is 2. The van der Waals surface area contributed by atoms with Crippen LogP contribution in [0.15, 0.2) is 0 Å². The number of hydrogen-bond acceptors (Lipinski definition) is 4. The highest BCUT2D eigenvalue weighted by molar-refractivity contribution is 7.91. The highest BCUT2D eigenvalue weighted by Gasteiger charge is 2.31. The van der Waals surface area contributed by atoms with Gasteiger partial charge in [-0.05, 0) is 25.7 Å². The minimum Gasteiger partial charge on any atom is -0.393 e. The number of nitrogens with one attached hydrogen (secondary N) is 1. The van der Waals surface area contributed by atoms with E-state index < -0.39 is 9.84 Å². The van der Waals surface area contributed by atoms with Crippen LogP contribution in [0.1, 0.15) is 25.7 Å². The Bertz CT molecular complexity index is 281. The average Bonchev–Trinajstić information content (AvgIpc) is 2.06. The molecule has 2 aliphatic rings. The Morgan fingerprint density at radius 1 is 1.07 bits per heavy atom. The summed E-state index contributed by atoms with van der Waals surface area (Å²) in [5.74, 6) is 0.639. The van der Waals surface area contributed by atoms with Crippen LogP contribution in [0, 0.1) is 0 Å². The molecule has 1 saturated carbocycles. The van der Waals surface area contributed by atoms with Gasteiger partial charge in [0.25, 0.3) is 0 Å². The van der Waals surface area contributed by atoms with Gasteiger partial charge in [0, 0.05) is 12.1 Å². The molecule has 2 N–H and O–H groups in total. The molecule has 2 fully saturated rings. The Hall–Kier alpha value is -0.130. The lowest BCUT2D eigenvalue weighted by molar-refractivity contribution is 0.0571. The monoisotopic (exact) mass is 219 g/mol. The van der Waals surface area contributed by atoms with E-state index in [2.05, 4.69) is 5.32 Å². The average molecular weight is 219 g/mol. The second kappa shape index (κ2) is 3.79. The first kappa shape index (κ1) is 10.4. The molecule has 14 heavy (non-hydrogen) atoms. The van der Waals surface area contributed by atoms with Crippen LogP contribution < -0.4 is 5.32 Å². The van der Waals surface area contributed by atoms with Gasteiger partial charge in [-0.25, -0.2) is 8.42 Å². The van der Waals surface area contributed by atoms with Gasteiger partial charge in [0.15, 0.2) is 0 Å². The minimum absolute atomic E-state index is 0.139. The van der Waals surface area contributed by atoms with Crippen LogP contribution in [0.3, 0.4) is 0 Å². The SMILES string of the molecule is O=S1(=O)CCC(NC2CC(O)C2)CC1. The first-order valence-electron chi connectivity index (χ1n) is 5.20. The molecule has 0 aromatic carbocycles. The van der Waals surface area contributed by atoms with Crippen molar-refractivity contribution in [1.29, 1.82) is 0 Å². The minimum atomic E-state index is -2.74. The van der Waals surface area contributed by atoms with Crippen LogP contribution >= 0.6 is 0 Å². The molecule has 82 valence electrons. The fourth-order valence-electron chi connectivity index (χ4n) is 2.11. The van der Waals surface area contributed by atoms with Crippen molar-refractivity contribution >= 4 is 9.84 Å². The zero-order valence-electron chi connectivity index (χ0n) is 8.15. The second-order valence-corrected chi connectivity index (χ2v) is 6.72. The van der Waals surface area contributed by atoms with E-state index in [-0.39, 0.29) is 6.10 Å². The number of hydrogen-bond donors (Lipinski definition) is 2. The lowest BCUT2D eigenvalue weighted by Gasteiger charge is -2.36. The third-order valence-corrected chi connectivity index (χ3v) is 4.85. The summed E-state index contributed by atoms with van der Waals surface area (Å²) in [6.45, 7) is 0. The lowest BCUT2D eigenvalue weighted by atomic mass is 9.88. The quantitative estimate of drug-likeness (QED) is 0.668. The van der Waals surface area contributed by atoms with Crippen molar-refractivity contribution in [3.63, 3.8) is 0 Å². The molecule has 1 aliphatic heterocycles. The van der Waals surface area contributed by atoms with Gasteiger partial charge in [-0.15, -0.1) is 0 Å². The standard InChI is InChI=1S/C9H17NO3S/c11-9-5-8(6-9)10-7-1-3-14(12,13)4-2-7/h7-11H,1-6H2. The molecule has 1 heterocycles. The Balaban J connectivity index is 1.74. The molecular weight excluding hydrogens is 202 g/mol. The lowest BCUT2D eigenvalue weighted by Crippen LogP contribution is -2.50. The molecule has 5 heteroatoms. The predicted octanol–water partition coefficient (Wildman–Crippen LogP) is -0.324. The Morgan fingerprint density at radius 2 is 1.64 bits per heavy atom. The molecule has 2 rings (SSSR count). The molecule has 0 spiro atoms. The van der Waals surface area contributed by atoms with Gasteiger partial charge in [-0.2, -0.15) is 0 Å². The van der Waals surface area contributed by atoms with Crippen LogP contribution in [-0.2, 0) is 9.84 Å². The van der Waals surface area contributed by atoms with Crippen molar-refractivity contribution in [2.45, 2.75) is 43.9 Å². The van der Waals surface area contributed by atoms with Crippen LogP contribution in [0.2, 0.25) is 0 Å². The summed E-state index contributed by atoms with van der Waals surface area (Å²) in [5, 5.41) is 12.5. The summed E-state index contributed by atoms with van der Waals surface area (Å²) in [6, 6.07) is 0.756. The van der Waals surface area contributed by atoms with Crippen molar-refractivity contribution in [3.8, 4) is 0 Å². The summed E-state index contributed by atoms with van der Waals surface area (Å²) in [5.41, 5.74) is 0. The van der Waals surface area contributed by atoms with Crippen molar-refractivity contribution in [1.82, 2.24) is 5.32 Å². The van der Waals surface area contributed by atoms with Crippen molar-refractivity contribution in [2.75, 3.05) is 11.5 Å². The molecule has 0 aromatic heterocycles. The highest BCUT2D eigenvalue weighted by Crippen LogP contribution is 2.22. The first-order valence-corrected chi connectivity index (χ1v) is 7.02.